The molecular formula is C12H21Na3O6. The average Bonchev–Trinajstić information content (AvgIpc) is 2.18. The summed E-state index contributed by atoms with van der Waals surface area (Å²) in [7, 11) is 0. The van der Waals surface area contributed by atoms with Crippen molar-refractivity contribution >= 4 is 17.9 Å². The van der Waals surface area contributed by atoms with Crippen LogP contribution in [0.1, 0.15) is 59.3 Å². The van der Waals surface area contributed by atoms with Crippen LogP contribution in [-0.2, 0) is 14.4 Å². The van der Waals surface area contributed by atoms with Crippen molar-refractivity contribution < 1.29 is 118 Å². The fraction of sp³-hybridized carbons (Fsp3) is 0.750. The molecule has 0 heterocycles. The largest absolute Gasteiger partial charge is 1.00 e. The van der Waals surface area contributed by atoms with Crippen LogP contribution >= 0.6 is 0 Å². The summed E-state index contributed by atoms with van der Waals surface area (Å²) < 4.78 is 0. The summed E-state index contributed by atoms with van der Waals surface area (Å²) in [5.41, 5.74) is 0. The number of carboxylic acids is 3. The Labute approximate surface area is 193 Å². The molecule has 9 heteroatoms. The molecule has 0 atom stereocenters. The van der Waals surface area contributed by atoms with Crippen molar-refractivity contribution in [1.82, 2.24) is 0 Å². The molecule has 0 aliphatic carbocycles. The van der Waals surface area contributed by atoms with E-state index >= 15 is 0 Å². The van der Waals surface area contributed by atoms with E-state index < -0.39 is 17.9 Å². The summed E-state index contributed by atoms with van der Waals surface area (Å²) in [5.74, 6) is -2.88. The normalized spacial score (nSPS) is 7.00. The molecule has 0 unspecified atom stereocenters. The first-order valence-corrected chi connectivity index (χ1v) is 5.91. The summed E-state index contributed by atoms with van der Waals surface area (Å²) in [6.07, 6.45) is 2.55. The number of hydrogen-bond donors (Lipinski definition) is 0. The first-order valence-electron chi connectivity index (χ1n) is 5.91. The molecule has 0 N–H and O–H groups in total. The van der Waals surface area contributed by atoms with E-state index in [1.807, 2.05) is 0 Å². The molecule has 0 rings (SSSR count). The van der Waals surface area contributed by atoms with Gasteiger partial charge >= 0.3 is 88.7 Å². The van der Waals surface area contributed by atoms with Gasteiger partial charge in [-0.3, -0.25) is 0 Å². The van der Waals surface area contributed by atoms with Crippen molar-refractivity contribution in [2.75, 3.05) is 0 Å². The van der Waals surface area contributed by atoms with Gasteiger partial charge in [-0.15, -0.1) is 0 Å². The number of carbonyl (C=O) groups is 3. The van der Waals surface area contributed by atoms with Gasteiger partial charge in [-0.1, -0.05) is 40.0 Å². The Bertz CT molecular complexity index is 199. The predicted molar refractivity (Wildman–Crippen MR) is 59.7 cm³/mol. The van der Waals surface area contributed by atoms with Crippen LogP contribution in [0.25, 0.3) is 0 Å². The third-order valence-electron chi connectivity index (χ3n) is 1.36. The van der Waals surface area contributed by atoms with Crippen LogP contribution in [0.3, 0.4) is 0 Å². The number of hydrogen-bond acceptors (Lipinski definition) is 6. The summed E-state index contributed by atoms with van der Waals surface area (Å²) in [6, 6.07) is 0. The van der Waals surface area contributed by atoms with Gasteiger partial charge in [0.1, 0.15) is 0 Å². The topological polar surface area (TPSA) is 120 Å². The first-order chi connectivity index (χ1) is 8.31. The zero-order valence-electron chi connectivity index (χ0n) is 14.2. The fourth-order valence-corrected chi connectivity index (χ4v) is 0.612. The van der Waals surface area contributed by atoms with E-state index in [2.05, 4.69) is 0 Å². The molecule has 108 valence electrons. The zero-order valence-corrected chi connectivity index (χ0v) is 20.2. The first kappa shape index (κ1) is 38.1. The van der Waals surface area contributed by atoms with Crippen LogP contribution in [-0.4, -0.2) is 17.9 Å². The van der Waals surface area contributed by atoms with Gasteiger partial charge in [-0.05, 0) is 19.3 Å². The van der Waals surface area contributed by atoms with Gasteiger partial charge in [-0.2, -0.15) is 0 Å². The second-order valence-electron chi connectivity index (χ2n) is 3.37. The Morgan fingerprint density at radius 2 is 0.714 bits per heavy atom. The zero-order chi connectivity index (χ0) is 15.0. The maximum Gasteiger partial charge on any atom is 1.00 e. The number of rotatable bonds is 6. The predicted octanol–water partition coefficient (Wildman–Crippen LogP) is -10.4. The third-order valence-corrected chi connectivity index (χ3v) is 1.36. The Kier molecular flexibility index (Phi) is 60.2. The van der Waals surface area contributed by atoms with Crippen molar-refractivity contribution in [2.24, 2.45) is 0 Å². The SMILES string of the molecule is CCCC(=O)[O-].CCCC(=O)[O-].CCCC(=O)[O-].[Na+].[Na+].[Na+]. The molecule has 0 aromatic carbocycles. The Balaban J connectivity index is -0.0000000375. The van der Waals surface area contributed by atoms with Crippen molar-refractivity contribution in [3.05, 3.63) is 0 Å². The molecule has 0 spiro atoms. The van der Waals surface area contributed by atoms with Gasteiger partial charge in [0.25, 0.3) is 0 Å². The monoisotopic (exact) mass is 330 g/mol. The van der Waals surface area contributed by atoms with Gasteiger partial charge in [0.15, 0.2) is 0 Å². The minimum absolute atomic E-state index is 0. The van der Waals surface area contributed by atoms with Crippen LogP contribution in [0.5, 0.6) is 0 Å². The van der Waals surface area contributed by atoms with E-state index in [4.69, 9.17) is 0 Å². The van der Waals surface area contributed by atoms with Crippen molar-refractivity contribution in [3.63, 3.8) is 0 Å². The maximum atomic E-state index is 9.49. The molecule has 0 saturated carbocycles. The quantitative estimate of drug-likeness (QED) is 0.446. The second kappa shape index (κ2) is 33.1. The maximum absolute atomic E-state index is 9.49. The second-order valence-corrected chi connectivity index (χ2v) is 3.37. The van der Waals surface area contributed by atoms with Gasteiger partial charge in [-0.25, -0.2) is 0 Å². The molecular weight excluding hydrogens is 309 g/mol. The Morgan fingerprint density at radius 3 is 0.714 bits per heavy atom. The molecule has 0 aliphatic rings. The van der Waals surface area contributed by atoms with E-state index in [0.717, 1.165) is 0 Å². The van der Waals surface area contributed by atoms with Crippen LogP contribution in [0.15, 0.2) is 0 Å². The molecule has 6 nitrogen and oxygen atoms in total. The molecule has 0 saturated heterocycles. The van der Waals surface area contributed by atoms with E-state index in [1.54, 1.807) is 20.8 Å². The van der Waals surface area contributed by atoms with Crippen LogP contribution in [0.4, 0.5) is 0 Å². The Morgan fingerprint density at radius 1 is 0.571 bits per heavy atom. The molecule has 0 aliphatic heterocycles. The van der Waals surface area contributed by atoms with Gasteiger partial charge < -0.3 is 29.7 Å². The van der Waals surface area contributed by atoms with Crippen molar-refractivity contribution in [1.29, 1.82) is 0 Å². The van der Waals surface area contributed by atoms with Crippen molar-refractivity contribution in [2.45, 2.75) is 59.3 Å². The number of carboxylic acid groups (broad SMARTS) is 3. The summed E-state index contributed by atoms with van der Waals surface area (Å²) in [6.45, 7) is 5.40. The summed E-state index contributed by atoms with van der Waals surface area (Å²) in [4.78, 5) is 28.5. The molecule has 0 amide bonds. The van der Waals surface area contributed by atoms with Crippen LogP contribution in [0.2, 0.25) is 0 Å². The molecule has 0 aromatic heterocycles. The standard InChI is InChI=1S/3C4H8O2.3Na/c3*1-2-3-4(5)6;;;/h3*2-3H2,1H3,(H,5,6);;;/q;;;3*+1/p-3. The third kappa shape index (κ3) is 74.4. The molecule has 21 heavy (non-hydrogen) atoms. The number of aliphatic carboxylic acids is 3. The van der Waals surface area contributed by atoms with Crippen LogP contribution in [0, 0.1) is 0 Å². The molecule has 0 fully saturated rings. The van der Waals surface area contributed by atoms with Gasteiger partial charge in [0.2, 0.25) is 0 Å². The molecule has 0 aromatic rings. The summed E-state index contributed by atoms with van der Waals surface area (Å²) >= 11 is 0. The molecule has 0 radical (unpaired) electrons. The van der Waals surface area contributed by atoms with Gasteiger partial charge in [0, 0.05) is 17.9 Å². The van der Waals surface area contributed by atoms with Gasteiger partial charge in [0.05, 0.1) is 0 Å². The van der Waals surface area contributed by atoms with E-state index in [0.29, 0.717) is 19.3 Å². The fourth-order valence-electron chi connectivity index (χ4n) is 0.612. The minimum atomic E-state index is -0.961. The van der Waals surface area contributed by atoms with Crippen molar-refractivity contribution in [3.8, 4) is 0 Å². The Hall–Kier alpha value is 1.41. The van der Waals surface area contributed by atoms with E-state index in [-0.39, 0.29) is 108 Å². The smallest absolute Gasteiger partial charge is 0.550 e. The minimum Gasteiger partial charge on any atom is -0.550 e. The average molecular weight is 330 g/mol. The van der Waals surface area contributed by atoms with E-state index in [1.165, 1.54) is 0 Å². The molecule has 0 bridgehead atoms. The van der Waals surface area contributed by atoms with E-state index in [9.17, 15) is 29.7 Å². The number of carbonyl (C=O) groups excluding carboxylic acids is 3. The van der Waals surface area contributed by atoms with Crippen LogP contribution < -0.4 is 104 Å². The summed E-state index contributed by atoms with van der Waals surface area (Å²) in [5, 5.41) is 28.5.